The fourth-order valence-corrected chi connectivity index (χ4v) is 2.63. The lowest BCUT2D eigenvalue weighted by Crippen LogP contribution is -2.50. The maximum atomic E-state index is 11.8. The van der Waals surface area contributed by atoms with E-state index >= 15 is 0 Å². The average molecular weight is 350 g/mol. The zero-order valence-corrected chi connectivity index (χ0v) is 14.0. The Morgan fingerprint density at radius 2 is 2.00 bits per heavy atom. The summed E-state index contributed by atoms with van der Waals surface area (Å²) in [7, 11) is -1.63. The van der Waals surface area contributed by atoms with Gasteiger partial charge in [0.1, 0.15) is 5.75 Å². The summed E-state index contributed by atoms with van der Waals surface area (Å²) >= 11 is 3.44. The van der Waals surface area contributed by atoms with Crippen LogP contribution in [0.25, 0.3) is 0 Å². The molecule has 0 spiro atoms. The zero-order valence-electron chi connectivity index (χ0n) is 11.6. The van der Waals surface area contributed by atoms with Crippen molar-refractivity contribution in [3.05, 3.63) is 28.2 Å². The van der Waals surface area contributed by atoms with Crippen LogP contribution in [0.5, 0.6) is 5.75 Å². The Bertz CT molecular complexity index is 555. The third-order valence-corrected chi connectivity index (χ3v) is 6.53. The number of benzene rings is 1. The van der Waals surface area contributed by atoms with Crippen molar-refractivity contribution in [1.82, 2.24) is 0 Å². The van der Waals surface area contributed by atoms with E-state index in [4.69, 9.17) is 10.5 Å². The highest BCUT2D eigenvalue weighted by atomic mass is 79.9. The summed E-state index contributed by atoms with van der Waals surface area (Å²) in [6.45, 7) is 3.31. The van der Waals surface area contributed by atoms with Gasteiger partial charge in [-0.25, -0.2) is 8.42 Å². The van der Waals surface area contributed by atoms with Crippen LogP contribution in [0.4, 0.5) is 0 Å². The molecule has 2 N–H and O–H groups in total. The molecule has 0 saturated heterocycles. The lowest BCUT2D eigenvalue weighted by atomic mass is 9.96. The Hall–Kier alpha value is -0.590. The summed E-state index contributed by atoms with van der Waals surface area (Å²) in [6, 6.07) is 5.07. The number of methoxy groups -OCH3 is 1. The second-order valence-corrected chi connectivity index (χ2v) is 8.59. The SMILES string of the molecule is COc1ccc(Br)c(CC(N)C(C)(C)S(C)(=O)=O)c1. The van der Waals surface area contributed by atoms with Crippen LogP contribution in [-0.2, 0) is 16.3 Å². The van der Waals surface area contributed by atoms with Gasteiger partial charge < -0.3 is 10.5 Å². The number of halogens is 1. The molecule has 6 heteroatoms. The van der Waals surface area contributed by atoms with Gasteiger partial charge in [0.25, 0.3) is 0 Å². The predicted octanol–water partition coefficient (Wildman–Crippen LogP) is 2.15. The summed E-state index contributed by atoms with van der Waals surface area (Å²) in [6.07, 6.45) is 1.67. The van der Waals surface area contributed by atoms with Gasteiger partial charge >= 0.3 is 0 Å². The van der Waals surface area contributed by atoms with Gasteiger partial charge in [0.15, 0.2) is 9.84 Å². The molecule has 19 heavy (non-hydrogen) atoms. The van der Waals surface area contributed by atoms with Crippen LogP contribution in [0.3, 0.4) is 0 Å². The van der Waals surface area contributed by atoms with Gasteiger partial charge in [-0.1, -0.05) is 15.9 Å². The molecular formula is C13H20BrNO3S. The Balaban J connectivity index is 3.03. The molecule has 0 saturated carbocycles. The molecule has 4 nitrogen and oxygen atoms in total. The minimum Gasteiger partial charge on any atom is -0.497 e. The van der Waals surface area contributed by atoms with Crippen molar-refractivity contribution in [3.63, 3.8) is 0 Å². The van der Waals surface area contributed by atoms with Crippen molar-refractivity contribution in [2.45, 2.75) is 31.1 Å². The molecule has 0 aliphatic carbocycles. The Kier molecular flexibility index (Phi) is 5.03. The fourth-order valence-electron chi connectivity index (χ4n) is 1.59. The first-order chi connectivity index (χ1) is 8.59. The monoisotopic (exact) mass is 349 g/mol. The number of rotatable bonds is 5. The molecule has 1 aromatic rings. The number of sulfone groups is 1. The highest BCUT2D eigenvalue weighted by Gasteiger charge is 2.36. The quantitative estimate of drug-likeness (QED) is 0.884. The molecule has 0 bridgehead atoms. The van der Waals surface area contributed by atoms with E-state index in [0.29, 0.717) is 6.42 Å². The van der Waals surface area contributed by atoms with Gasteiger partial charge in [-0.05, 0) is 44.0 Å². The van der Waals surface area contributed by atoms with Crippen molar-refractivity contribution >= 4 is 25.8 Å². The van der Waals surface area contributed by atoms with Crippen LogP contribution in [-0.4, -0.2) is 32.6 Å². The minimum absolute atomic E-state index is 0.456. The van der Waals surface area contributed by atoms with Crippen LogP contribution in [0.1, 0.15) is 19.4 Å². The lowest BCUT2D eigenvalue weighted by molar-refractivity contribution is 0.413. The molecular weight excluding hydrogens is 330 g/mol. The molecule has 0 aliphatic rings. The van der Waals surface area contributed by atoms with E-state index in [-0.39, 0.29) is 0 Å². The van der Waals surface area contributed by atoms with E-state index in [1.165, 1.54) is 6.26 Å². The fraction of sp³-hybridized carbons (Fsp3) is 0.538. The second kappa shape index (κ2) is 5.81. The number of hydrogen-bond donors (Lipinski definition) is 1. The van der Waals surface area contributed by atoms with Crippen molar-refractivity contribution in [2.24, 2.45) is 5.73 Å². The molecule has 108 valence electrons. The van der Waals surface area contributed by atoms with E-state index in [0.717, 1.165) is 15.8 Å². The third-order valence-electron chi connectivity index (χ3n) is 3.54. The lowest BCUT2D eigenvalue weighted by Gasteiger charge is -2.30. The first kappa shape index (κ1) is 16.5. The molecule has 0 aromatic heterocycles. The van der Waals surface area contributed by atoms with Gasteiger partial charge in [-0.2, -0.15) is 0 Å². The van der Waals surface area contributed by atoms with Gasteiger partial charge in [0, 0.05) is 16.8 Å². The molecule has 0 fully saturated rings. The summed E-state index contributed by atoms with van der Waals surface area (Å²) < 4.78 is 28.6. The minimum atomic E-state index is -3.22. The van der Waals surface area contributed by atoms with Crippen molar-refractivity contribution in [1.29, 1.82) is 0 Å². The Labute approximate surface area is 123 Å². The van der Waals surface area contributed by atoms with E-state index < -0.39 is 20.6 Å². The van der Waals surface area contributed by atoms with Crippen LogP contribution in [0.2, 0.25) is 0 Å². The highest BCUT2D eigenvalue weighted by Crippen LogP contribution is 2.27. The maximum Gasteiger partial charge on any atom is 0.154 e. The van der Waals surface area contributed by atoms with Gasteiger partial charge in [-0.15, -0.1) is 0 Å². The van der Waals surface area contributed by atoms with Gasteiger partial charge in [0.2, 0.25) is 0 Å². The molecule has 1 unspecified atom stereocenters. The molecule has 0 aliphatic heterocycles. The Morgan fingerprint density at radius 1 is 1.42 bits per heavy atom. The molecule has 0 amide bonds. The summed E-state index contributed by atoms with van der Waals surface area (Å²) in [5.41, 5.74) is 7.02. The largest absolute Gasteiger partial charge is 0.497 e. The van der Waals surface area contributed by atoms with Crippen LogP contribution in [0, 0.1) is 0 Å². The van der Waals surface area contributed by atoms with Gasteiger partial charge in [0.05, 0.1) is 11.9 Å². The third kappa shape index (κ3) is 3.70. The van der Waals surface area contributed by atoms with E-state index in [1.807, 2.05) is 18.2 Å². The predicted molar refractivity (Wildman–Crippen MR) is 81.3 cm³/mol. The summed E-state index contributed by atoms with van der Waals surface area (Å²) in [4.78, 5) is 0. The van der Waals surface area contributed by atoms with Crippen LogP contribution >= 0.6 is 15.9 Å². The highest BCUT2D eigenvalue weighted by molar-refractivity contribution is 9.10. The van der Waals surface area contributed by atoms with E-state index in [1.54, 1.807) is 21.0 Å². The summed E-state index contributed by atoms with van der Waals surface area (Å²) in [5.74, 6) is 0.725. The van der Waals surface area contributed by atoms with Crippen LogP contribution < -0.4 is 10.5 Å². The van der Waals surface area contributed by atoms with Crippen molar-refractivity contribution in [3.8, 4) is 5.75 Å². The van der Waals surface area contributed by atoms with Crippen LogP contribution in [0.15, 0.2) is 22.7 Å². The first-order valence-corrected chi connectivity index (χ1v) is 8.55. The number of hydrogen-bond acceptors (Lipinski definition) is 4. The Morgan fingerprint density at radius 3 is 2.47 bits per heavy atom. The number of ether oxygens (including phenoxy) is 1. The molecule has 0 heterocycles. The molecule has 1 atom stereocenters. The average Bonchev–Trinajstić information content (AvgIpc) is 2.30. The second-order valence-electron chi connectivity index (χ2n) is 5.14. The maximum absolute atomic E-state index is 11.8. The standard InChI is InChI=1S/C13H20BrNO3S/c1-13(2,19(4,16)17)12(15)8-9-7-10(18-3)5-6-11(9)14/h5-7,12H,8,15H2,1-4H3. The zero-order chi connectivity index (χ0) is 14.8. The molecule has 1 rings (SSSR count). The normalized spacial score (nSPS) is 14.2. The number of nitrogens with two attached hydrogens (primary N) is 1. The van der Waals surface area contributed by atoms with Crippen molar-refractivity contribution in [2.75, 3.05) is 13.4 Å². The van der Waals surface area contributed by atoms with Crippen molar-refractivity contribution < 1.29 is 13.2 Å². The van der Waals surface area contributed by atoms with Gasteiger partial charge in [-0.3, -0.25) is 0 Å². The smallest absolute Gasteiger partial charge is 0.154 e. The van der Waals surface area contributed by atoms with E-state index in [9.17, 15) is 8.42 Å². The topological polar surface area (TPSA) is 69.4 Å². The molecule has 1 aromatic carbocycles. The first-order valence-electron chi connectivity index (χ1n) is 5.87. The van der Waals surface area contributed by atoms with E-state index in [2.05, 4.69) is 15.9 Å². The summed E-state index contributed by atoms with van der Waals surface area (Å²) in [5, 5.41) is 0. The molecule has 0 radical (unpaired) electrons.